The highest BCUT2D eigenvalue weighted by Gasteiger charge is 2.56. The second kappa shape index (κ2) is 9.12. The fourth-order valence-corrected chi connectivity index (χ4v) is 25.6. The van der Waals surface area contributed by atoms with E-state index >= 15 is 0 Å². The molecule has 1 saturated heterocycles. The Kier molecular flexibility index (Phi) is 7.62. The van der Waals surface area contributed by atoms with Crippen LogP contribution < -0.4 is 5.19 Å². The maximum Gasteiger partial charge on any atom is 0.381 e. The van der Waals surface area contributed by atoms with Crippen LogP contribution in [0.15, 0.2) is 91.7 Å². The van der Waals surface area contributed by atoms with Gasteiger partial charge in [-0.05, 0) is 37.1 Å². The molecule has 0 saturated carbocycles. The Labute approximate surface area is 186 Å². The first kappa shape index (κ1) is 25.1. The van der Waals surface area contributed by atoms with Gasteiger partial charge in [0.05, 0.1) is 0 Å². The molecule has 0 spiro atoms. The Morgan fingerprint density at radius 3 is 1.17 bits per heavy atom. The number of rotatable bonds is 6. The van der Waals surface area contributed by atoms with Gasteiger partial charge in [-0.3, -0.25) is 0 Å². The summed E-state index contributed by atoms with van der Waals surface area (Å²) in [6.07, 6.45) is 0. The molecule has 0 aliphatic carbocycles. The molecule has 30 heavy (non-hydrogen) atoms. The zero-order chi connectivity index (χ0) is 22.7. The molecule has 4 unspecified atom stereocenters. The normalized spacial score (nSPS) is 40.0. The zero-order valence-electron chi connectivity index (χ0n) is 18.4. The Bertz CT molecular complexity index is 794. The minimum atomic E-state index is -3.22. The predicted octanol–water partition coefficient (Wildman–Crippen LogP) is 4.35. The van der Waals surface area contributed by atoms with Crippen molar-refractivity contribution < 1.29 is 20.6 Å². The van der Waals surface area contributed by atoms with Crippen molar-refractivity contribution in [1.82, 2.24) is 0 Å². The van der Waals surface area contributed by atoms with E-state index < -0.39 is 42.8 Å². The van der Waals surface area contributed by atoms with Crippen molar-refractivity contribution in [2.24, 2.45) is 0 Å². The van der Waals surface area contributed by atoms with E-state index in [1.54, 1.807) is 28.5 Å². The van der Waals surface area contributed by atoms with E-state index in [0.29, 0.717) is 0 Å². The van der Waals surface area contributed by atoms with Crippen molar-refractivity contribution >= 4 is 48.0 Å². The SMILES string of the molecule is C=C[Si]1(C)O[Si](C)(C=C)O[Si](C)(C=C)O[Si](C=C)(c2ccccc2)O[Si](C)(C=C)O1. The van der Waals surface area contributed by atoms with Crippen LogP contribution in [0.25, 0.3) is 0 Å². The molecule has 1 aromatic rings. The van der Waals surface area contributed by atoms with Crippen LogP contribution in [0.3, 0.4) is 0 Å². The maximum absolute atomic E-state index is 6.78. The predicted molar refractivity (Wildman–Crippen MR) is 135 cm³/mol. The van der Waals surface area contributed by atoms with Crippen molar-refractivity contribution in [3.05, 3.63) is 91.7 Å². The van der Waals surface area contributed by atoms with E-state index in [0.717, 1.165) is 5.19 Å². The summed E-state index contributed by atoms with van der Waals surface area (Å²) in [5, 5.41) is 0.916. The molecule has 1 heterocycles. The highest BCUT2D eigenvalue weighted by atomic mass is 28.5. The van der Waals surface area contributed by atoms with Crippen LogP contribution in [-0.4, -0.2) is 42.8 Å². The maximum atomic E-state index is 6.78. The van der Waals surface area contributed by atoms with Gasteiger partial charge in [0, 0.05) is 0 Å². The molecule has 4 atom stereocenters. The molecule has 5 nitrogen and oxygen atoms in total. The number of hydrogen-bond acceptors (Lipinski definition) is 5. The summed E-state index contributed by atoms with van der Waals surface area (Å²) in [4.78, 5) is 0. The van der Waals surface area contributed by atoms with Crippen LogP contribution in [-0.2, 0) is 20.6 Å². The fourth-order valence-electron chi connectivity index (χ4n) is 3.24. The molecule has 2 rings (SSSR count). The minimum absolute atomic E-state index is 0.916. The van der Waals surface area contributed by atoms with E-state index in [1.807, 2.05) is 56.5 Å². The first-order chi connectivity index (χ1) is 13.9. The molecule has 0 bridgehead atoms. The van der Waals surface area contributed by atoms with Gasteiger partial charge in [-0.25, -0.2) is 0 Å². The van der Waals surface area contributed by atoms with Gasteiger partial charge in [-0.1, -0.05) is 53.1 Å². The summed E-state index contributed by atoms with van der Waals surface area (Å²) in [5.74, 6) is 0. The van der Waals surface area contributed by atoms with E-state index in [9.17, 15) is 0 Å². The van der Waals surface area contributed by atoms with E-state index in [1.165, 1.54) is 0 Å². The molecular formula is C20H32O5Si5. The molecule has 0 N–H and O–H groups in total. The lowest BCUT2D eigenvalue weighted by Gasteiger charge is -2.47. The fraction of sp³-hybridized carbons (Fsp3) is 0.200. The Morgan fingerprint density at radius 1 is 0.533 bits per heavy atom. The number of benzene rings is 1. The molecule has 1 aliphatic heterocycles. The van der Waals surface area contributed by atoms with Crippen LogP contribution in [0.2, 0.25) is 26.2 Å². The summed E-state index contributed by atoms with van der Waals surface area (Å²) >= 11 is 0. The van der Waals surface area contributed by atoms with Crippen LogP contribution in [0, 0.1) is 0 Å². The van der Waals surface area contributed by atoms with Gasteiger partial charge in [-0.15, -0.1) is 32.9 Å². The average Bonchev–Trinajstić information content (AvgIpc) is 2.73. The lowest BCUT2D eigenvalue weighted by atomic mass is 10.4. The molecule has 10 heteroatoms. The van der Waals surface area contributed by atoms with Crippen LogP contribution in [0.1, 0.15) is 0 Å². The summed E-state index contributed by atoms with van der Waals surface area (Å²) in [6, 6.07) is 9.83. The van der Waals surface area contributed by atoms with Crippen molar-refractivity contribution in [3.63, 3.8) is 0 Å². The van der Waals surface area contributed by atoms with Gasteiger partial charge in [-0.2, -0.15) is 0 Å². The Hall–Kier alpha value is -1.20. The zero-order valence-corrected chi connectivity index (χ0v) is 23.4. The van der Waals surface area contributed by atoms with E-state index in [4.69, 9.17) is 20.6 Å². The molecule has 0 radical (unpaired) electrons. The Balaban J connectivity index is 2.78. The van der Waals surface area contributed by atoms with E-state index in [2.05, 4.69) is 32.9 Å². The second-order valence-electron chi connectivity index (χ2n) is 7.63. The molecule has 0 amide bonds. The van der Waals surface area contributed by atoms with E-state index in [-0.39, 0.29) is 0 Å². The summed E-state index contributed by atoms with van der Waals surface area (Å²) in [5.41, 5.74) is 8.78. The Morgan fingerprint density at radius 2 is 0.867 bits per heavy atom. The third kappa shape index (κ3) is 5.34. The molecule has 1 aliphatic rings. The highest BCUT2D eigenvalue weighted by Crippen LogP contribution is 2.32. The van der Waals surface area contributed by atoms with Crippen molar-refractivity contribution in [2.45, 2.75) is 26.2 Å². The monoisotopic (exact) mass is 492 g/mol. The molecule has 1 fully saturated rings. The largest absolute Gasteiger partial charge is 0.410 e. The molecule has 0 aromatic heterocycles. The van der Waals surface area contributed by atoms with Crippen molar-refractivity contribution in [2.75, 3.05) is 0 Å². The van der Waals surface area contributed by atoms with Crippen LogP contribution >= 0.6 is 0 Å². The summed E-state index contributed by atoms with van der Waals surface area (Å²) < 4.78 is 33.2. The van der Waals surface area contributed by atoms with Gasteiger partial charge in [0.25, 0.3) is 0 Å². The summed E-state index contributed by atoms with van der Waals surface area (Å²) in [7, 11) is -15.0. The first-order valence-corrected chi connectivity index (χ1v) is 21.2. The number of hydrogen-bond donors (Lipinski definition) is 0. The standard InChI is InChI=1S/C20H32O5Si5/c1-10-26(6)21-27(7,11-2)23-29(9,13-4)25-30(14-5,20-18-16-15-17-19-20)24-28(8,12-3)22-26/h10-19H,1-5H2,6-9H3. The van der Waals surface area contributed by atoms with Crippen LogP contribution in [0.5, 0.6) is 0 Å². The van der Waals surface area contributed by atoms with Gasteiger partial charge >= 0.3 is 42.8 Å². The van der Waals surface area contributed by atoms with Crippen molar-refractivity contribution in [3.8, 4) is 0 Å². The average molecular weight is 493 g/mol. The van der Waals surface area contributed by atoms with Crippen molar-refractivity contribution in [1.29, 1.82) is 0 Å². The lowest BCUT2D eigenvalue weighted by Crippen LogP contribution is -2.69. The smallest absolute Gasteiger partial charge is 0.381 e. The molecule has 162 valence electrons. The summed E-state index contributed by atoms with van der Waals surface area (Å²) in [6.45, 7) is 27.8. The lowest BCUT2D eigenvalue weighted by molar-refractivity contribution is 0.254. The topological polar surface area (TPSA) is 46.2 Å². The van der Waals surface area contributed by atoms with Gasteiger partial charge in [0.1, 0.15) is 0 Å². The first-order valence-electron chi connectivity index (χ1n) is 9.69. The third-order valence-corrected chi connectivity index (χ3v) is 24.9. The third-order valence-electron chi connectivity index (χ3n) is 4.85. The molecule has 1 aromatic carbocycles. The van der Waals surface area contributed by atoms with Gasteiger partial charge < -0.3 is 20.6 Å². The molecular weight excluding hydrogens is 461 g/mol. The van der Waals surface area contributed by atoms with Gasteiger partial charge in [0.2, 0.25) is 0 Å². The van der Waals surface area contributed by atoms with Crippen LogP contribution in [0.4, 0.5) is 0 Å². The second-order valence-corrected chi connectivity index (χ2v) is 23.8. The minimum Gasteiger partial charge on any atom is -0.410 e. The highest BCUT2D eigenvalue weighted by molar-refractivity contribution is 7.02. The van der Waals surface area contributed by atoms with Gasteiger partial charge in [0.15, 0.2) is 0 Å². The quantitative estimate of drug-likeness (QED) is 0.553.